The van der Waals surface area contributed by atoms with E-state index < -0.39 is 5.82 Å². The molecule has 29 heavy (non-hydrogen) atoms. The van der Waals surface area contributed by atoms with E-state index in [1.54, 1.807) is 14.2 Å². The van der Waals surface area contributed by atoms with Gasteiger partial charge >= 0.3 is 0 Å². The second-order valence-corrected chi connectivity index (χ2v) is 7.31. The highest BCUT2D eigenvalue weighted by Gasteiger charge is 2.20. The first kappa shape index (κ1) is 21.4. The summed E-state index contributed by atoms with van der Waals surface area (Å²) >= 11 is 5.75. The number of ether oxygens (including phenoxy) is 2. The summed E-state index contributed by atoms with van der Waals surface area (Å²) < 4.78 is 24.0. The van der Waals surface area contributed by atoms with E-state index in [0.29, 0.717) is 5.69 Å². The zero-order chi connectivity index (χ0) is 20.8. The number of amides is 1. The largest absolute Gasteiger partial charge is 0.497 e. The molecule has 2 aromatic rings. The van der Waals surface area contributed by atoms with Crippen molar-refractivity contribution in [2.75, 3.05) is 52.3 Å². The summed E-state index contributed by atoms with van der Waals surface area (Å²) in [5, 5.41) is 2.75. The van der Waals surface area contributed by atoms with E-state index in [4.69, 9.17) is 21.1 Å². The Balaban J connectivity index is 1.49. The Morgan fingerprint density at radius 3 is 2.45 bits per heavy atom. The molecule has 0 aromatic heterocycles. The molecule has 1 saturated heterocycles. The first-order valence-corrected chi connectivity index (χ1v) is 9.77. The third-order valence-corrected chi connectivity index (χ3v) is 5.21. The topological polar surface area (TPSA) is 54.0 Å². The molecule has 8 heteroatoms. The van der Waals surface area contributed by atoms with Gasteiger partial charge < -0.3 is 14.8 Å². The third-order valence-electron chi connectivity index (χ3n) is 4.92. The highest BCUT2D eigenvalue weighted by Crippen LogP contribution is 2.25. The van der Waals surface area contributed by atoms with Crippen LogP contribution in [0.3, 0.4) is 0 Å². The number of hydrogen-bond acceptors (Lipinski definition) is 5. The molecule has 1 aliphatic rings. The van der Waals surface area contributed by atoms with Crippen LogP contribution in [0, 0.1) is 5.82 Å². The molecule has 0 spiro atoms. The van der Waals surface area contributed by atoms with Crippen LogP contribution in [-0.4, -0.2) is 62.7 Å². The highest BCUT2D eigenvalue weighted by atomic mass is 35.5. The average molecular weight is 422 g/mol. The van der Waals surface area contributed by atoms with Crippen LogP contribution in [0.25, 0.3) is 0 Å². The van der Waals surface area contributed by atoms with Gasteiger partial charge in [-0.3, -0.25) is 14.6 Å². The number of hydrogen-bond donors (Lipinski definition) is 1. The van der Waals surface area contributed by atoms with Gasteiger partial charge in [-0.1, -0.05) is 11.6 Å². The summed E-state index contributed by atoms with van der Waals surface area (Å²) in [6.45, 7) is 4.29. The van der Waals surface area contributed by atoms with E-state index in [0.717, 1.165) is 49.8 Å². The minimum absolute atomic E-state index is 0.00983. The van der Waals surface area contributed by atoms with Crippen molar-refractivity contribution < 1.29 is 18.7 Å². The Bertz CT molecular complexity index is 857. The fourth-order valence-electron chi connectivity index (χ4n) is 3.33. The van der Waals surface area contributed by atoms with E-state index in [-0.39, 0.29) is 17.5 Å². The molecule has 1 fully saturated rings. The van der Waals surface area contributed by atoms with Crippen molar-refractivity contribution in [3.05, 3.63) is 52.8 Å². The summed E-state index contributed by atoms with van der Waals surface area (Å²) in [7, 11) is 3.31. The van der Waals surface area contributed by atoms with Crippen LogP contribution >= 0.6 is 11.6 Å². The van der Waals surface area contributed by atoms with E-state index in [9.17, 15) is 9.18 Å². The lowest BCUT2D eigenvalue weighted by molar-refractivity contribution is -0.117. The molecular weight excluding hydrogens is 397 g/mol. The van der Waals surface area contributed by atoms with Gasteiger partial charge in [0.25, 0.3) is 0 Å². The van der Waals surface area contributed by atoms with Gasteiger partial charge in [0.2, 0.25) is 5.91 Å². The van der Waals surface area contributed by atoms with Crippen molar-refractivity contribution in [3.8, 4) is 11.5 Å². The van der Waals surface area contributed by atoms with Crippen molar-refractivity contribution in [3.63, 3.8) is 0 Å². The Morgan fingerprint density at radius 1 is 1.07 bits per heavy atom. The first-order valence-electron chi connectivity index (χ1n) is 9.39. The van der Waals surface area contributed by atoms with Gasteiger partial charge in [-0.25, -0.2) is 4.39 Å². The van der Waals surface area contributed by atoms with Crippen LogP contribution in [0.2, 0.25) is 5.02 Å². The molecule has 1 heterocycles. The van der Waals surface area contributed by atoms with Crippen molar-refractivity contribution in [2.45, 2.75) is 6.54 Å². The normalized spacial score (nSPS) is 15.2. The maximum atomic E-state index is 13.2. The number of anilines is 1. The summed E-state index contributed by atoms with van der Waals surface area (Å²) in [6, 6.07) is 9.94. The predicted octanol–water partition coefficient (Wildman–Crippen LogP) is 3.25. The highest BCUT2D eigenvalue weighted by molar-refractivity contribution is 6.31. The number of piperazine rings is 1. The minimum atomic E-state index is -0.506. The monoisotopic (exact) mass is 421 g/mol. The Morgan fingerprint density at radius 2 is 1.79 bits per heavy atom. The SMILES string of the molecule is COc1ccc(OC)c(CN2CCN(CC(=O)Nc3ccc(F)c(Cl)c3)CC2)c1. The summed E-state index contributed by atoms with van der Waals surface area (Å²) in [4.78, 5) is 16.7. The van der Waals surface area contributed by atoms with Gasteiger partial charge in [0, 0.05) is 44.0 Å². The summed E-state index contributed by atoms with van der Waals surface area (Å²) in [5.74, 6) is 0.992. The Labute approximate surface area is 175 Å². The molecule has 2 aromatic carbocycles. The van der Waals surface area contributed by atoms with E-state index in [1.165, 1.54) is 18.2 Å². The lowest BCUT2D eigenvalue weighted by Crippen LogP contribution is -2.48. The number of nitrogens with one attached hydrogen (secondary N) is 1. The Kier molecular flexibility index (Phi) is 7.30. The van der Waals surface area contributed by atoms with Crippen LogP contribution in [-0.2, 0) is 11.3 Å². The van der Waals surface area contributed by atoms with Gasteiger partial charge in [0.15, 0.2) is 0 Å². The molecule has 0 saturated carbocycles. The predicted molar refractivity (Wildman–Crippen MR) is 111 cm³/mol. The summed E-state index contributed by atoms with van der Waals surface area (Å²) in [6.07, 6.45) is 0. The standard InChI is InChI=1S/C21H25ClFN3O3/c1-28-17-4-6-20(29-2)15(11-17)13-25-7-9-26(10-8-25)14-21(27)24-16-3-5-19(23)18(22)12-16/h3-6,11-12H,7-10,13-14H2,1-2H3,(H,24,27). The number of halogens is 2. The van der Waals surface area contributed by atoms with Gasteiger partial charge in [0.1, 0.15) is 17.3 Å². The molecule has 156 valence electrons. The van der Waals surface area contributed by atoms with Gasteiger partial charge in [-0.2, -0.15) is 0 Å². The van der Waals surface area contributed by atoms with Gasteiger partial charge in [0.05, 0.1) is 25.8 Å². The van der Waals surface area contributed by atoms with Crippen LogP contribution in [0.4, 0.5) is 10.1 Å². The number of carbonyl (C=O) groups excluding carboxylic acids is 1. The quantitative estimate of drug-likeness (QED) is 0.743. The maximum absolute atomic E-state index is 13.2. The summed E-state index contributed by atoms with van der Waals surface area (Å²) in [5.41, 5.74) is 1.57. The molecule has 0 unspecified atom stereocenters. The smallest absolute Gasteiger partial charge is 0.238 e. The zero-order valence-electron chi connectivity index (χ0n) is 16.6. The molecular formula is C21H25ClFN3O3. The number of benzene rings is 2. The second-order valence-electron chi connectivity index (χ2n) is 6.91. The number of rotatable bonds is 7. The van der Waals surface area contributed by atoms with Crippen molar-refractivity contribution in [1.82, 2.24) is 9.80 Å². The van der Waals surface area contributed by atoms with E-state index in [1.807, 2.05) is 18.2 Å². The molecule has 0 atom stereocenters. The van der Waals surface area contributed by atoms with Crippen LogP contribution in [0.5, 0.6) is 11.5 Å². The first-order chi connectivity index (χ1) is 14.0. The van der Waals surface area contributed by atoms with E-state index in [2.05, 4.69) is 15.1 Å². The minimum Gasteiger partial charge on any atom is -0.497 e. The lowest BCUT2D eigenvalue weighted by Gasteiger charge is -2.34. The van der Waals surface area contributed by atoms with Gasteiger partial charge in [-0.05, 0) is 36.4 Å². The second kappa shape index (κ2) is 9.91. The molecule has 1 N–H and O–H groups in total. The van der Waals surface area contributed by atoms with Crippen LogP contribution < -0.4 is 14.8 Å². The maximum Gasteiger partial charge on any atom is 0.238 e. The fraction of sp³-hybridized carbons (Fsp3) is 0.381. The van der Waals surface area contributed by atoms with Crippen LogP contribution in [0.15, 0.2) is 36.4 Å². The number of nitrogens with zero attached hydrogens (tertiary/aromatic N) is 2. The fourth-order valence-corrected chi connectivity index (χ4v) is 3.51. The molecule has 0 radical (unpaired) electrons. The molecule has 3 rings (SSSR count). The van der Waals surface area contributed by atoms with E-state index >= 15 is 0 Å². The number of carbonyl (C=O) groups is 1. The average Bonchev–Trinajstić information content (AvgIpc) is 2.72. The van der Waals surface area contributed by atoms with Crippen molar-refractivity contribution >= 4 is 23.2 Å². The molecule has 0 aliphatic carbocycles. The molecule has 1 aliphatic heterocycles. The number of methoxy groups -OCH3 is 2. The lowest BCUT2D eigenvalue weighted by atomic mass is 10.1. The van der Waals surface area contributed by atoms with Crippen molar-refractivity contribution in [2.24, 2.45) is 0 Å². The molecule has 0 bridgehead atoms. The Hall–Kier alpha value is -2.35. The van der Waals surface area contributed by atoms with Gasteiger partial charge in [-0.15, -0.1) is 0 Å². The van der Waals surface area contributed by atoms with Crippen molar-refractivity contribution in [1.29, 1.82) is 0 Å². The zero-order valence-corrected chi connectivity index (χ0v) is 17.3. The molecule has 1 amide bonds. The van der Waals surface area contributed by atoms with Crippen LogP contribution in [0.1, 0.15) is 5.56 Å². The third kappa shape index (κ3) is 5.82. The molecule has 6 nitrogen and oxygen atoms in total.